The summed E-state index contributed by atoms with van der Waals surface area (Å²) in [5, 5.41) is 14.2. The van der Waals surface area contributed by atoms with Gasteiger partial charge in [-0.15, -0.1) is 0 Å². The highest BCUT2D eigenvalue weighted by Crippen LogP contribution is 2.24. The summed E-state index contributed by atoms with van der Waals surface area (Å²) in [5.41, 5.74) is 1.14. The van der Waals surface area contributed by atoms with Gasteiger partial charge in [0.05, 0.1) is 4.92 Å². The standard InChI is InChI=1S/C15H14BrFN2O2/c1-10(13-4-2-3-5-14(13)17)18-9-11-6-7-12(16)8-15(11)19(20)21/h2-8,10,18H,9H2,1H3/t10-/m1/s1. The first kappa shape index (κ1) is 15.6. The van der Waals surface area contributed by atoms with Crippen molar-refractivity contribution < 1.29 is 9.31 Å². The zero-order valence-electron chi connectivity index (χ0n) is 11.3. The van der Waals surface area contributed by atoms with E-state index in [2.05, 4.69) is 21.2 Å². The average molecular weight is 353 g/mol. The molecule has 0 aliphatic heterocycles. The van der Waals surface area contributed by atoms with Gasteiger partial charge in [0.1, 0.15) is 5.82 Å². The lowest BCUT2D eigenvalue weighted by atomic mass is 10.1. The molecule has 0 heterocycles. The Bertz CT molecular complexity index is 664. The van der Waals surface area contributed by atoms with Gasteiger partial charge in [0.25, 0.3) is 5.69 Å². The summed E-state index contributed by atoms with van der Waals surface area (Å²) in [6.07, 6.45) is 0. The van der Waals surface area contributed by atoms with Crippen LogP contribution >= 0.6 is 15.9 Å². The van der Waals surface area contributed by atoms with Crippen LogP contribution in [0, 0.1) is 15.9 Å². The minimum absolute atomic E-state index is 0.0395. The lowest BCUT2D eigenvalue weighted by Gasteiger charge is -2.15. The van der Waals surface area contributed by atoms with Crippen molar-refractivity contribution in [1.29, 1.82) is 0 Å². The minimum atomic E-state index is -0.421. The first-order chi connectivity index (χ1) is 9.99. The van der Waals surface area contributed by atoms with Gasteiger partial charge in [-0.2, -0.15) is 0 Å². The van der Waals surface area contributed by atoms with E-state index < -0.39 is 4.92 Å². The Kier molecular flexibility index (Phi) is 5.03. The van der Waals surface area contributed by atoms with Crippen molar-refractivity contribution in [3.8, 4) is 0 Å². The van der Waals surface area contributed by atoms with E-state index in [-0.39, 0.29) is 17.5 Å². The van der Waals surface area contributed by atoms with Crippen LogP contribution in [0.1, 0.15) is 24.1 Å². The van der Waals surface area contributed by atoms with Crippen molar-refractivity contribution >= 4 is 21.6 Å². The third kappa shape index (κ3) is 3.86. The van der Waals surface area contributed by atoms with Crippen molar-refractivity contribution in [1.82, 2.24) is 5.32 Å². The van der Waals surface area contributed by atoms with Crippen molar-refractivity contribution in [2.75, 3.05) is 0 Å². The number of nitrogens with one attached hydrogen (secondary N) is 1. The van der Waals surface area contributed by atoms with Gasteiger partial charge < -0.3 is 5.32 Å². The van der Waals surface area contributed by atoms with Gasteiger partial charge in [-0.25, -0.2) is 4.39 Å². The molecule has 4 nitrogen and oxygen atoms in total. The lowest BCUT2D eigenvalue weighted by Crippen LogP contribution is -2.19. The molecule has 0 aromatic heterocycles. The maximum atomic E-state index is 13.7. The molecule has 0 aliphatic carbocycles. The van der Waals surface area contributed by atoms with Crippen molar-refractivity contribution in [2.45, 2.75) is 19.5 Å². The van der Waals surface area contributed by atoms with E-state index in [9.17, 15) is 14.5 Å². The fourth-order valence-corrected chi connectivity index (χ4v) is 2.40. The Balaban J connectivity index is 2.13. The Hall–Kier alpha value is -1.79. The van der Waals surface area contributed by atoms with Gasteiger partial charge in [-0.3, -0.25) is 10.1 Å². The highest BCUT2D eigenvalue weighted by atomic mass is 79.9. The second-order valence-corrected chi connectivity index (χ2v) is 5.57. The summed E-state index contributed by atoms with van der Waals surface area (Å²) < 4.78 is 14.3. The van der Waals surface area contributed by atoms with Gasteiger partial charge >= 0.3 is 0 Å². The molecule has 0 unspecified atom stereocenters. The van der Waals surface area contributed by atoms with E-state index >= 15 is 0 Å². The van der Waals surface area contributed by atoms with Gasteiger partial charge in [-0.05, 0) is 25.1 Å². The van der Waals surface area contributed by atoms with E-state index in [0.29, 0.717) is 22.1 Å². The Labute approximate surface area is 130 Å². The molecule has 0 fully saturated rings. The largest absolute Gasteiger partial charge is 0.306 e. The Morgan fingerprint density at radius 2 is 2.05 bits per heavy atom. The predicted molar refractivity (Wildman–Crippen MR) is 82.5 cm³/mol. The molecule has 110 valence electrons. The number of benzene rings is 2. The molecule has 1 atom stereocenters. The number of hydrogen-bond acceptors (Lipinski definition) is 3. The maximum Gasteiger partial charge on any atom is 0.275 e. The molecule has 1 N–H and O–H groups in total. The third-order valence-electron chi connectivity index (χ3n) is 3.21. The van der Waals surface area contributed by atoms with E-state index in [1.165, 1.54) is 12.1 Å². The van der Waals surface area contributed by atoms with Gasteiger partial charge in [-0.1, -0.05) is 34.1 Å². The predicted octanol–water partition coefficient (Wildman–Crippen LogP) is 4.35. The van der Waals surface area contributed by atoms with E-state index in [1.54, 1.807) is 30.3 Å². The molecule has 0 aliphatic rings. The maximum absolute atomic E-state index is 13.7. The molecule has 2 rings (SSSR count). The number of halogens is 2. The first-order valence-corrected chi connectivity index (χ1v) is 7.19. The summed E-state index contributed by atoms with van der Waals surface area (Å²) in [4.78, 5) is 10.6. The number of nitrogens with zero attached hydrogens (tertiary/aromatic N) is 1. The number of nitro benzene ring substituents is 1. The molecule has 0 amide bonds. The number of hydrogen-bond donors (Lipinski definition) is 1. The number of rotatable bonds is 5. The van der Waals surface area contributed by atoms with Gasteiger partial charge in [0.15, 0.2) is 0 Å². The van der Waals surface area contributed by atoms with Crippen LogP contribution in [-0.2, 0) is 6.54 Å². The van der Waals surface area contributed by atoms with Gasteiger partial charge in [0.2, 0.25) is 0 Å². The summed E-state index contributed by atoms with van der Waals surface area (Å²) >= 11 is 3.22. The average Bonchev–Trinajstić information content (AvgIpc) is 2.46. The second kappa shape index (κ2) is 6.78. The second-order valence-electron chi connectivity index (χ2n) is 4.65. The fourth-order valence-electron chi connectivity index (χ4n) is 2.06. The zero-order valence-corrected chi connectivity index (χ0v) is 12.9. The molecule has 2 aromatic rings. The highest BCUT2D eigenvalue weighted by molar-refractivity contribution is 9.10. The Morgan fingerprint density at radius 1 is 1.33 bits per heavy atom. The molecule has 6 heteroatoms. The van der Waals surface area contributed by atoms with Crippen molar-refractivity contribution in [3.05, 3.63) is 74.0 Å². The molecule has 0 spiro atoms. The minimum Gasteiger partial charge on any atom is -0.306 e. The summed E-state index contributed by atoms with van der Waals surface area (Å²) in [5.74, 6) is -0.289. The SMILES string of the molecule is C[C@@H](NCc1ccc(Br)cc1[N+](=O)[O-])c1ccccc1F. The molecule has 0 saturated carbocycles. The van der Waals surface area contributed by atoms with E-state index in [0.717, 1.165) is 0 Å². The normalized spacial score (nSPS) is 12.1. The smallest absolute Gasteiger partial charge is 0.275 e. The lowest BCUT2D eigenvalue weighted by molar-refractivity contribution is -0.385. The van der Waals surface area contributed by atoms with Crippen LogP contribution in [0.2, 0.25) is 0 Å². The molecule has 0 saturated heterocycles. The topological polar surface area (TPSA) is 55.2 Å². The van der Waals surface area contributed by atoms with Crippen LogP contribution in [0.15, 0.2) is 46.9 Å². The highest BCUT2D eigenvalue weighted by Gasteiger charge is 2.16. The summed E-state index contributed by atoms with van der Waals surface area (Å²) in [7, 11) is 0. The van der Waals surface area contributed by atoms with Crippen LogP contribution in [-0.4, -0.2) is 4.92 Å². The summed E-state index contributed by atoms with van der Waals surface area (Å²) in [6.45, 7) is 2.11. The molecule has 2 aromatic carbocycles. The van der Waals surface area contributed by atoms with Crippen molar-refractivity contribution in [3.63, 3.8) is 0 Å². The van der Waals surface area contributed by atoms with Crippen LogP contribution in [0.25, 0.3) is 0 Å². The third-order valence-corrected chi connectivity index (χ3v) is 3.71. The van der Waals surface area contributed by atoms with Crippen LogP contribution < -0.4 is 5.32 Å². The molecular weight excluding hydrogens is 339 g/mol. The Morgan fingerprint density at radius 3 is 2.71 bits per heavy atom. The fraction of sp³-hybridized carbons (Fsp3) is 0.200. The molecule has 21 heavy (non-hydrogen) atoms. The zero-order chi connectivity index (χ0) is 15.4. The monoisotopic (exact) mass is 352 g/mol. The van der Waals surface area contributed by atoms with Crippen LogP contribution in [0.5, 0.6) is 0 Å². The summed E-state index contributed by atoms with van der Waals surface area (Å²) in [6, 6.07) is 11.1. The first-order valence-electron chi connectivity index (χ1n) is 6.39. The molecular formula is C15H14BrFN2O2. The van der Waals surface area contributed by atoms with E-state index in [4.69, 9.17) is 0 Å². The van der Waals surface area contributed by atoms with Crippen LogP contribution in [0.4, 0.5) is 10.1 Å². The molecule has 0 bridgehead atoms. The van der Waals surface area contributed by atoms with E-state index in [1.807, 2.05) is 6.92 Å². The quantitative estimate of drug-likeness (QED) is 0.642. The van der Waals surface area contributed by atoms with Gasteiger partial charge in [0, 0.05) is 34.3 Å². The molecule has 0 radical (unpaired) electrons. The number of nitro groups is 1. The van der Waals surface area contributed by atoms with Crippen LogP contribution in [0.3, 0.4) is 0 Å². The van der Waals surface area contributed by atoms with Crippen molar-refractivity contribution in [2.24, 2.45) is 0 Å².